The lowest BCUT2D eigenvalue weighted by Gasteiger charge is -2.57. The van der Waals surface area contributed by atoms with Gasteiger partial charge in [0.05, 0.1) is 21.3 Å². The Bertz CT molecular complexity index is 757. The molecule has 5 rings (SSSR count). The maximum absolute atomic E-state index is 12.9. The second-order valence-electron chi connectivity index (χ2n) is 8.96. The Morgan fingerprint density at radius 3 is 1.93 bits per heavy atom. The maximum atomic E-state index is 12.9. The molecule has 0 aliphatic heterocycles. The van der Waals surface area contributed by atoms with Crippen molar-refractivity contribution in [1.29, 1.82) is 0 Å². The van der Waals surface area contributed by atoms with Crippen LogP contribution < -0.4 is 19.6 Å². The molecule has 0 aromatic heterocycles. The predicted octanol–water partition coefficient (Wildman–Crippen LogP) is 4.42. The topological polar surface area (TPSA) is 69.2 Å². The fourth-order valence-corrected chi connectivity index (χ4v) is 6.43. The van der Waals surface area contributed by atoms with Crippen molar-refractivity contribution in [2.45, 2.75) is 51.9 Å². The molecule has 4 fully saturated rings. The molecule has 1 aromatic carbocycles. The van der Waals surface area contributed by atoms with Crippen LogP contribution in [0.5, 0.6) is 17.2 Å². The van der Waals surface area contributed by atoms with Gasteiger partial charge in [0.15, 0.2) is 11.5 Å². The number of nitrogens with zero attached hydrogens (tertiary/aromatic N) is 1. The molecule has 1 N–H and O–H groups in total. The largest absolute Gasteiger partial charge is 0.493 e. The third kappa shape index (κ3) is 3.58. The fraction of sp³-hybridized carbons (Fsp3) is 0.652. The van der Waals surface area contributed by atoms with Gasteiger partial charge in [-0.2, -0.15) is 5.10 Å². The van der Waals surface area contributed by atoms with Crippen LogP contribution in [0, 0.1) is 23.2 Å². The first-order valence-corrected chi connectivity index (χ1v) is 10.7. The minimum Gasteiger partial charge on any atom is -0.493 e. The van der Waals surface area contributed by atoms with Gasteiger partial charge in [-0.1, -0.05) is 6.92 Å². The summed E-state index contributed by atoms with van der Waals surface area (Å²) in [6.07, 6.45) is 8.79. The molecular weight excluding hydrogens is 368 g/mol. The lowest BCUT2D eigenvalue weighted by atomic mass is 9.48. The maximum Gasteiger partial charge on any atom is 0.271 e. The molecule has 0 unspecified atom stereocenters. The van der Waals surface area contributed by atoms with Gasteiger partial charge in [-0.15, -0.1) is 0 Å². The van der Waals surface area contributed by atoms with Crippen LogP contribution in [0.1, 0.15) is 62.2 Å². The van der Waals surface area contributed by atoms with E-state index in [0.717, 1.165) is 29.9 Å². The normalized spacial score (nSPS) is 30.2. The summed E-state index contributed by atoms with van der Waals surface area (Å²) in [7, 11) is 4.63. The van der Waals surface area contributed by atoms with Crippen LogP contribution in [0.25, 0.3) is 0 Å². The first-order chi connectivity index (χ1) is 14.0. The number of amides is 1. The minimum atomic E-state index is -0.264. The van der Waals surface area contributed by atoms with E-state index in [1.807, 2.05) is 0 Å². The lowest BCUT2D eigenvalue weighted by Crippen LogP contribution is -2.50. The number of hydrogen-bond donors (Lipinski definition) is 1. The first kappa shape index (κ1) is 20.0. The monoisotopic (exact) mass is 400 g/mol. The van der Waals surface area contributed by atoms with E-state index in [2.05, 4.69) is 17.5 Å². The van der Waals surface area contributed by atoms with E-state index >= 15 is 0 Å². The van der Waals surface area contributed by atoms with E-state index in [-0.39, 0.29) is 11.3 Å². The van der Waals surface area contributed by atoms with E-state index in [9.17, 15) is 4.79 Å². The Kier molecular flexibility index (Phi) is 5.45. The van der Waals surface area contributed by atoms with Gasteiger partial charge in [-0.3, -0.25) is 4.79 Å². The summed E-state index contributed by atoms with van der Waals surface area (Å²) in [6, 6.07) is 3.31. The fourth-order valence-electron chi connectivity index (χ4n) is 6.43. The number of nitrogens with one attached hydrogen (secondary N) is 1. The third-order valence-electron chi connectivity index (χ3n) is 7.20. The molecule has 6 nitrogen and oxygen atoms in total. The van der Waals surface area contributed by atoms with Crippen LogP contribution in [0.15, 0.2) is 17.2 Å². The van der Waals surface area contributed by atoms with Crippen molar-refractivity contribution in [3.05, 3.63) is 17.7 Å². The quantitative estimate of drug-likeness (QED) is 0.543. The van der Waals surface area contributed by atoms with Crippen LogP contribution in [0.4, 0.5) is 0 Å². The van der Waals surface area contributed by atoms with Crippen molar-refractivity contribution in [1.82, 2.24) is 5.43 Å². The molecule has 158 valence electrons. The van der Waals surface area contributed by atoms with Gasteiger partial charge in [0.2, 0.25) is 5.75 Å². The molecule has 4 aliphatic rings. The zero-order chi connectivity index (χ0) is 20.6. The predicted molar refractivity (Wildman–Crippen MR) is 112 cm³/mol. The molecule has 4 aliphatic carbocycles. The van der Waals surface area contributed by atoms with Gasteiger partial charge in [-0.25, -0.2) is 5.43 Å². The second-order valence-corrected chi connectivity index (χ2v) is 8.96. The molecule has 0 atom stereocenters. The Morgan fingerprint density at radius 1 is 1.00 bits per heavy atom. The smallest absolute Gasteiger partial charge is 0.271 e. The Balaban J connectivity index is 1.56. The highest BCUT2D eigenvalue weighted by Crippen LogP contribution is 2.60. The van der Waals surface area contributed by atoms with Crippen molar-refractivity contribution >= 4 is 11.6 Å². The Labute approximate surface area is 173 Å². The summed E-state index contributed by atoms with van der Waals surface area (Å²) in [5, 5.41) is 4.67. The minimum absolute atomic E-state index is 0.200. The first-order valence-electron chi connectivity index (χ1n) is 10.7. The number of hydrazone groups is 1. The zero-order valence-corrected chi connectivity index (χ0v) is 17.9. The number of ether oxygens (including phenoxy) is 3. The molecule has 0 radical (unpaired) electrons. The van der Waals surface area contributed by atoms with Crippen molar-refractivity contribution in [3.8, 4) is 17.2 Å². The molecule has 4 saturated carbocycles. The summed E-state index contributed by atoms with van der Waals surface area (Å²) in [6.45, 7) is 2.16. The average Bonchev–Trinajstić information content (AvgIpc) is 2.71. The standard InChI is InChI=1S/C23H32N2O4/c1-5-20(23-11-14-6-15(12-23)8-16(7-14)13-23)24-25-22(26)17-9-18(27-2)21(29-4)19(10-17)28-3/h9-10,14-16H,5-8,11-13H2,1-4H3,(H,25,26)/b24-20+. The third-order valence-corrected chi connectivity index (χ3v) is 7.20. The van der Waals surface area contributed by atoms with E-state index < -0.39 is 0 Å². The number of methoxy groups -OCH3 is 3. The molecule has 1 amide bonds. The summed E-state index contributed by atoms with van der Waals surface area (Å²) in [4.78, 5) is 12.9. The van der Waals surface area contributed by atoms with Crippen LogP contribution >= 0.6 is 0 Å². The number of carbonyl (C=O) groups is 1. The van der Waals surface area contributed by atoms with E-state index in [1.54, 1.807) is 33.5 Å². The highest BCUT2D eigenvalue weighted by Gasteiger charge is 2.52. The molecule has 0 spiro atoms. The van der Waals surface area contributed by atoms with Gasteiger partial charge >= 0.3 is 0 Å². The molecule has 0 heterocycles. The van der Waals surface area contributed by atoms with Gasteiger partial charge in [-0.05, 0) is 74.8 Å². The summed E-state index contributed by atoms with van der Waals surface area (Å²) in [5.41, 5.74) is 4.61. The molecule has 1 aromatic rings. The lowest BCUT2D eigenvalue weighted by molar-refractivity contribution is -0.0134. The average molecular weight is 401 g/mol. The van der Waals surface area contributed by atoms with E-state index in [4.69, 9.17) is 14.2 Å². The summed E-state index contributed by atoms with van der Waals surface area (Å²) in [5.74, 6) is 3.67. The van der Waals surface area contributed by atoms with Crippen molar-refractivity contribution in [2.24, 2.45) is 28.3 Å². The highest BCUT2D eigenvalue weighted by molar-refractivity contribution is 5.97. The van der Waals surface area contributed by atoms with Crippen molar-refractivity contribution < 1.29 is 19.0 Å². The molecule has 6 heteroatoms. The molecule has 29 heavy (non-hydrogen) atoms. The van der Waals surface area contributed by atoms with E-state index in [1.165, 1.54) is 38.5 Å². The van der Waals surface area contributed by atoms with Gasteiger partial charge < -0.3 is 14.2 Å². The Morgan fingerprint density at radius 2 is 1.52 bits per heavy atom. The van der Waals surface area contributed by atoms with Crippen molar-refractivity contribution in [2.75, 3.05) is 21.3 Å². The number of rotatable bonds is 7. The van der Waals surface area contributed by atoms with Gasteiger partial charge in [0.25, 0.3) is 5.91 Å². The van der Waals surface area contributed by atoms with Crippen LogP contribution in [-0.4, -0.2) is 32.9 Å². The summed E-state index contributed by atoms with van der Waals surface area (Å²) >= 11 is 0. The number of benzene rings is 1. The Hall–Kier alpha value is -2.24. The number of carbonyl (C=O) groups excluding carboxylic acids is 1. The van der Waals surface area contributed by atoms with Crippen molar-refractivity contribution in [3.63, 3.8) is 0 Å². The van der Waals surface area contributed by atoms with Gasteiger partial charge in [0, 0.05) is 16.7 Å². The van der Waals surface area contributed by atoms with E-state index in [0.29, 0.717) is 22.8 Å². The SMILES string of the molecule is CC/C(=N\NC(=O)c1cc(OC)c(OC)c(OC)c1)C12CC3CC(CC(C3)C1)C2. The van der Waals surface area contributed by atoms with Crippen LogP contribution in [0.2, 0.25) is 0 Å². The van der Waals surface area contributed by atoms with Gasteiger partial charge in [0.1, 0.15) is 0 Å². The van der Waals surface area contributed by atoms with Crippen LogP contribution in [0.3, 0.4) is 0 Å². The molecule has 0 saturated heterocycles. The number of hydrogen-bond acceptors (Lipinski definition) is 5. The highest BCUT2D eigenvalue weighted by atomic mass is 16.5. The zero-order valence-electron chi connectivity index (χ0n) is 17.9. The summed E-state index contributed by atoms with van der Waals surface area (Å²) < 4.78 is 16.1. The second kappa shape index (κ2) is 7.88. The molecule has 4 bridgehead atoms. The van der Waals surface area contributed by atoms with Crippen LogP contribution in [-0.2, 0) is 0 Å². The molecular formula is C23H32N2O4.